The fourth-order valence-electron chi connectivity index (χ4n) is 2.71. The maximum absolute atomic E-state index is 13.0. The summed E-state index contributed by atoms with van der Waals surface area (Å²) in [6, 6.07) is 7.45. The molecule has 2 heterocycles. The van der Waals surface area contributed by atoms with Crippen molar-refractivity contribution < 1.29 is 18.3 Å². The summed E-state index contributed by atoms with van der Waals surface area (Å²) in [7, 11) is -3.84. The average Bonchev–Trinajstić information content (AvgIpc) is 2.80. The number of hydrogen-bond donors (Lipinski definition) is 1. The highest BCUT2D eigenvalue weighted by atomic mass is 35.5. The second-order valence-corrected chi connectivity index (χ2v) is 7.57. The zero-order chi connectivity index (χ0) is 17.5. The van der Waals surface area contributed by atoms with Crippen LogP contribution in [-0.2, 0) is 21.2 Å². The number of aromatic nitrogens is 2. The number of halogens is 1. The molecule has 8 heteroatoms. The fraction of sp³-hybridized carbons (Fsp3) is 0.125. The van der Waals surface area contributed by atoms with E-state index in [-0.39, 0.29) is 16.3 Å². The first kappa shape index (κ1) is 16.5. The first-order chi connectivity index (χ1) is 11.3. The Morgan fingerprint density at radius 2 is 1.92 bits per heavy atom. The molecule has 0 spiro atoms. The molecule has 0 atom stereocenters. The number of carbonyl (C=O) groups is 1. The number of fused-ring (bicyclic) bond motifs is 1. The third-order valence-electron chi connectivity index (χ3n) is 3.75. The van der Waals surface area contributed by atoms with Crippen LogP contribution in [0.2, 0.25) is 5.02 Å². The van der Waals surface area contributed by atoms with Crippen molar-refractivity contribution in [2.45, 2.75) is 23.3 Å². The lowest BCUT2D eigenvalue weighted by molar-refractivity contribution is -0.137. The lowest BCUT2D eigenvalue weighted by atomic mass is 10.3. The Kier molecular flexibility index (Phi) is 4.06. The fourth-order valence-corrected chi connectivity index (χ4v) is 4.51. The van der Waals surface area contributed by atoms with Crippen molar-refractivity contribution in [2.24, 2.45) is 0 Å². The topological polar surface area (TPSA) is 89.3 Å². The van der Waals surface area contributed by atoms with Gasteiger partial charge in [-0.1, -0.05) is 11.6 Å². The van der Waals surface area contributed by atoms with Gasteiger partial charge in [0.05, 0.1) is 10.4 Å². The van der Waals surface area contributed by atoms with Gasteiger partial charge < -0.3 is 9.67 Å². The third kappa shape index (κ3) is 2.65. The van der Waals surface area contributed by atoms with Gasteiger partial charge in [0.2, 0.25) is 9.84 Å². The molecule has 0 saturated heterocycles. The summed E-state index contributed by atoms with van der Waals surface area (Å²) in [5.74, 6) is -1.05. The smallest absolute Gasteiger partial charge is 0.323 e. The van der Waals surface area contributed by atoms with Crippen LogP contribution in [0.5, 0.6) is 0 Å². The second-order valence-electron chi connectivity index (χ2n) is 5.24. The summed E-state index contributed by atoms with van der Waals surface area (Å²) in [5, 5.41) is 9.94. The molecule has 0 aliphatic carbocycles. The van der Waals surface area contributed by atoms with Crippen molar-refractivity contribution >= 4 is 38.3 Å². The van der Waals surface area contributed by atoms with Crippen molar-refractivity contribution in [1.29, 1.82) is 0 Å². The van der Waals surface area contributed by atoms with Crippen molar-refractivity contribution in [2.75, 3.05) is 0 Å². The van der Waals surface area contributed by atoms with E-state index in [1.807, 2.05) is 0 Å². The molecule has 0 aliphatic rings. The summed E-state index contributed by atoms with van der Waals surface area (Å²) < 4.78 is 27.6. The third-order valence-corrected chi connectivity index (χ3v) is 5.95. The van der Waals surface area contributed by atoms with Gasteiger partial charge in [-0.15, -0.1) is 0 Å². The van der Waals surface area contributed by atoms with Gasteiger partial charge in [0.25, 0.3) is 0 Å². The van der Waals surface area contributed by atoms with Crippen molar-refractivity contribution in [3.63, 3.8) is 0 Å². The summed E-state index contributed by atoms with van der Waals surface area (Å²) in [6.07, 6.45) is 2.93. The minimum Gasteiger partial charge on any atom is -0.480 e. The lowest BCUT2D eigenvalue weighted by Gasteiger charge is -2.07. The number of carboxylic acid groups (broad SMARTS) is 1. The van der Waals surface area contributed by atoms with Crippen molar-refractivity contribution in [1.82, 2.24) is 9.55 Å². The SMILES string of the molecule is Cc1c(S(=O)(=O)c2ccc(Cl)cc2)c2cnccc2n1CC(=O)O. The monoisotopic (exact) mass is 364 g/mol. The number of pyridine rings is 1. The maximum atomic E-state index is 13.0. The molecule has 0 unspecified atom stereocenters. The van der Waals surface area contributed by atoms with Crippen molar-refractivity contribution in [3.05, 3.63) is 53.4 Å². The largest absolute Gasteiger partial charge is 0.480 e. The molecule has 24 heavy (non-hydrogen) atoms. The average molecular weight is 365 g/mol. The lowest BCUT2D eigenvalue weighted by Crippen LogP contribution is -2.11. The molecular weight excluding hydrogens is 352 g/mol. The van der Waals surface area contributed by atoms with Gasteiger partial charge in [-0.2, -0.15) is 0 Å². The molecule has 0 radical (unpaired) electrons. The van der Waals surface area contributed by atoms with Gasteiger partial charge in [0.1, 0.15) is 11.4 Å². The molecule has 0 aliphatic heterocycles. The Balaban J connectivity index is 2.31. The predicted octanol–water partition coefficient (Wildman–Crippen LogP) is 2.92. The van der Waals surface area contributed by atoms with Crippen LogP contribution in [0.25, 0.3) is 10.9 Å². The van der Waals surface area contributed by atoms with E-state index in [1.54, 1.807) is 13.0 Å². The molecule has 3 rings (SSSR count). The van der Waals surface area contributed by atoms with E-state index in [1.165, 1.54) is 41.2 Å². The Hall–Kier alpha value is -2.38. The predicted molar refractivity (Wildman–Crippen MR) is 89.0 cm³/mol. The summed E-state index contributed by atoms with van der Waals surface area (Å²) in [4.78, 5) is 15.3. The van der Waals surface area contributed by atoms with Crippen LogP contribution in [0.3, 0.4) is 0 Å². The van der Waals surface area contributed by atoms with Crippen LogP contribution < -0.4 is 0 Å². The first-order valence-corrected chi connectivity index (χ1v) is 8.83. The van der Waals surface area contributed by atoms with E-state index < -0.39 is 15.8 Å². The molecule has 6 nitrogen and oxygen atoms in total. The Bertz CT molecular complexity index is 1040. The Morgan fingerprint density at radius 3 is 2.54 bits per heavy atom. The molecule has 0 saturated carbocycles. The van der Waals surface area contributed by atoms with Gasteiger partial charge in [0, 0.05) is 28.5 Å². The van der Waals surface area contributed by atoms with E-state index in [9.17, 15) is 13.2 Å². The molecule has 0 fully saturated rings. The van der Waals surface area contributed by atoms with Crippen LogP contribution in [0, 0.1) is 6.92 Å². The number of aliphatic carboxylic acids is 1. The zero-order valence-electron chi connectivity index (χ0n) is 12.6. The van der Waals surface area contributed by atoms with E-state index in [2.05, 4.69) is 4.98 Å². The maximum Gasteiger partial charge on any atom is 0.323 e. The Labute approximate surface area is 143 Å². The first-order valence-electron chi connectivity index (χ1n) is 6.97. The normalized spacial score (nSPS) is 11.8. The van der Waals surface area contributed by atoms with E-state index in [4.69, 9.17) is 16.7 Å². The molecular formula is C16H13ClN2O4S. The van der Waals surface area contributed by atoms with E-state index >= 15 is 0 Å². The molecule has 124 valence electrons. The second kappa shape index (κ2) is 5.92. The molecule has 2 aromatic heterocycles. The number of hydrogen-bond acceptors (Lipinski definition) is 4. The summed E-state index contributed by atoms with van der Waals surface area (Å²) in [6.45, 7) is 1.26. The van der Waals surface area contributed by atoms with Crippen LogP contribution in [0.15, 0.2) is 52.5 Å². The number of sulfone groups is 1. The molecule has 3 aromatic rings. The van der Waals surface area contributed by atoms with Crippen LogP contribution >= 0.6 is 11.6 Å². The molecule has 0 bridgehead atoms. The highest BCUT2D eigenvalue weighted by Gasteiger charge is 2.27. The van der Waals surface area contributed by atoms with Crippen molar-refractivity contribution in [3.8, 4) is 0 Å². The molecule has 1 N–H and O–H groups in total. The molecule has 0 amide bonds. The Morgan fingerprint density at radius 1 is 1.25 bits per heavy atom. The van der Waals surface area contributed by atoms with Gasteiger partial charge in [-0.3, -0.25) is 9.78 Å². The van der Waals surface area contributed by atoms with Crippen LogP contribution in [0.1, 0.15) is 5.69 Å². The minimum atomic E-state index is -3.84. The van der Waals surface area contributed by atoms with Gasteiger partial charge in [-0.05, 0) is 37.3 Å². The highest BCUT2D eigenvalue weighted by molar-refractivity contribution is 7.91. The number of benzene rings is 1. The quantitative estimate of drug-likeness (QED) is 0.768. The zero-order valence-corrected chi connectivity index (χ0v) is 14.2. The van der Waals surface area contributed by atoms with Crippen LogP contribution in [0.4, 0.5) is 0 Å². The summed E-state index contributed by atoms with van der Waals surface area (Å²) in [5.41, 5.74) is 0.868. The number of rotatable bonds is 4. The van der Waals surface area contributed by atoms with E-state index in [0.717, 1.165) is 0 Å². The number of carboxylic acids is 1. The highest BCUT2D eigenvalue weighted by Crippen LogP contribution is 2.33. The summed E-state index contributed by atoms with van der Waals surface area (Å²) >= 11 is 5.82. The van der Waals surface area contributed by atoms with Gasteiger partial charge >= 0.3 is 5.97 Å². The number of nitrogens with zero attached hydrogens (tertiary/aromatic N) is 2. The standard InChI is InChI=1S/C16H13ClN2O4S/c1-10-16(24(22,23)12-4-2-11(17)3-5-12)13-8-18-7-6-14(13)19(10)9-15(20)21/h2-8H,9H2,1H3,(H,20,21). The molecule has 1 aromatic carbocycles. The van der Waals surface area contributed by atoms with Gasteiger partial charge in [0.15, 0.2) is 0 Å². The van der Waals surface area contributed by atoms with Crippen LogP contribution in [-0.4, -0.2) is 29.0 Å². The van der Waals surface area contributed by atoms with E-state index in [0.29, 0.717) is 21.6 Å². The minimum absolute atomic E-state index is 0.0640. The van der Waals surface area contributed by atoms with Gasteiger partial charge in [-0.25, -0.2) is 8.42 Å².